The Labute approximate surface area is 200 Å². The minimum absolute atomic E-state index is 0.280. The van der Waals surface area contributed by atoms with Crippen LogP contribution in [0.25, 0.3) is 0 Å². The fraction of sp³-hybridized carbons (Fsp3) is 1.00. The van der Waals surface area contributed by atoms with Crippen molar-refractivity contribution in [3.63, 3.8) is 0 Å². The molecule has 2 heterocycles. The molecule has 2 rings (SSSR count). The molecule has 0 spiro atoms. The normalized spacial score (nSPS) is 38.8. The maximum atomic E-state index is 10.6. The van der Waals surface area contributed by atoms with Crippen molar-refractivity contribution in [3.05, 3.63) is 0 Å². The third-order valence-corrected chi connectivity index (χ3v) is 6.20. The summed E-state index contributed by atoms with van der Waals surface area (Å²) >= 11 is 0. The maximum Gasteiger partial charge on any atom is 0.187 e. The molecule has 0 saturated carbocycles. The molecule has 0 aromatic heterocycles. The number of aliphatic hydroxyl groups excluding tert-OH is 7. The summed E-state index contributed by atoms with van der Waals surface area (Å²) < 4.78 is 21.9. The Morgan fingerprint density at radius 3 is 1.94 bits per heavy atom. The lowest BCUT2D eigenvalue weighted by molar-refractivity contribution is -0.359. The largest absolute Gasteiger partial charge is 0.394 e. The second-order valence-corrected chi connectivity index (χ2v) is 8.89. The van der Waals surface area contributed by atoms with Gasteiger partial charge in [0.1, 0.15) is 48.8 Å². The Hall–Kier alpha value is -0.480. The fourth-order valence-corrected chi connectivity index (χ4v) is 4.05. The average molecular weight is 498 g/mol. The van der Waals surface area contributed by atoms with E-state index in [1.807, 2.05) is 0 Å². The van der Waals surface area contributed by atoms with Crippen molar-refractivity contribution >= 4 is 0 Å². The van der Waals surface area contributed by atoms with Crippen molar-refractivity contribution in [2.24, 2.45) is 0 Å². The highest BCUT2D eigenvalue weighted by atomic mass is 16.7. The molecule has 202 valence electrons. The predicted molar refractivity (Wildman–Crippen MR) is 119 cm³/mol. The number of rotatable bonds is 15. The van der Waals surface area contributed by atoms with Crippen LogP contribution in [0, 0.1) is 0 Å². The Kier molecular flexibility index (Phi) is 13.6. The van der Waals surface area contributed by atoms with Gasteiger partial charge in [-0.3, -0.25) is 0 Å². The Balaban J connectivity index is 1.78. The molecule has 0 amide bonds. The molecule has 2 fully saturated rings. The van der Waals surface area contributed by atoms with E-state index < -0.39 is 74.6 Å². The monoisotopic (exact) mass is 497 g/mol. The van der Waals surface area contributed by atoms with Crippen LogP contribution < -0.4 is 5.32 Å². The van der Waals surface area contributed by atoms with Crippen LogP contribution in [0.15, 0.2) is 0 Å². The van der Waals surface area contributed by atoms with Gasteiger partial charge in [0.2, 0.25) is 0 Å². The Morgan fingerprint density at radius 1 is 0.676 bits per heavy atom. The first-order valence-corrected chi connectivity index (χ1v) is 12.3. The van der Waals surface area contributed by atoms with Crippen LogP contribution >= 0.6 is 0 Å². The minimum Gasteiger partial charge on any atom is -0.394 e. The molecule has 0 radical (unpaired) electrons. The smallest absolute Gasteiger partial charge is 0.187 e. The van der Waals surface area contributed by atoms with Crippen molar-refractivity contribution < 1.29 is 54.7 Å². The zero-order valence-electron chi connectivity index (χ0n) is 19.8. The summed E-state index contributed by atoms with van der Waals surface area (Å²) in [6.07, 6.45) is -8.01. The van der Waals surface area contributed by atoms with Crippen molar-refractivity contribution in [1.82, 2.24) is 5.32 Å². The van der Waals surface area contributed by atoms with Gasteiger partial charge in [-0.1, -0.05) is 26.2 Å². The van der Waals surface area contributed by atoms with E-state index in [0.717, 1.165) is 25.9 Å². The second kappa shape index (κ2) is 15.6. The van der Waals surface area contributed by atoms with Gasteiger partial charge in [-0.05, 0) is 32.4 Å². The van der Waals surface area contributed by atoms with Crippen molar-refractivity contribution in [3.8, 4) is 0 Å². The molecule has 34 heavy (non-hydrogen) atoms. The molecule has 2 aliphatic heterocycles. The molecular weight excluding hydrogens is 454 g/mol. The third-order valence-electron chi connectivity index (χ3n) is 6.20. The van der Waals surface area contributed by atoms with Gasteiger partial charge in [0.15, 0.2) is 12.6 Å². The average Bonchev–Trinajstić information content (AvgIpc) is 2.84. The van der Waals surface area contributed by atoms with Gasteiger partial charge >= 0.3 is 0 Å². The van der Waals surface area contributed by atoms with E-state index in [2.05, 4.69) is 12.2 Å². The predicted octanol–water partition coefficient (Wildman–Crippen LogP) is -2.42. The van der Waals surface area contributed by atoms with Crippen LogP contribution in [-0.4, -0.2) is 130 Å². The van der Waals surface area contributed by atoms with Gasteiger partial charge in [-0.2, -0.15) is 0 Å². The summed E-state index contributed by atoms with van der Waals surface area (Å²) in [5.74, 6) is 0. The van der Waals surface area contributed by atoms with E-state index in [1.165, 1.54) is 19.3 Å². The molecule has 2 saturated heterocycles. The van der Waals surface area contributed by atoms with E-state index in [-0.39, 0.29) is 6.61 Å². The number of nitrogens with one attached hydrogen (secondary N) is 1. The lowest BCUT2D eigenvalue weighted by Gasteiger charge is -2.45. The van der Waals surface area contributed by atoms with Gasteiger partial charge in [0, 0.05) is 6.61 Å². The van der Waals surface area contributed by atoms with Crippen LogP contribution in [0.5, 0.6) is 0 Å². The minimum atomic E-state index is -1.70. The van der Waals surface area contributed by atoms with Gasteiger partial charge in [-0.15, -0.1) is 0 Å². The molecule has 0 aromatic carbocycles. The van der Waals surface area contributed by atoms with Gasteiger partial charge in [0.05, 0.1) is 13.2 Å². The van der Waals surface area contributed by atoms with Crippen LogP contribution in [0.4, 0.5) is 0 Å². The number of hydrogen-bond donors (Lipinski definition) is 8. The topological polar surface area (TPSA) is 191 Å². The Bertz CT molecular complexity index is 541. The van der Waals surface area contributed by atoms with Crippen LogP contribution in [0.2, 0.25) is 0 Å². The highest BCUT2D eigenvalue weighted by Crippen LogP contribution is 2.29. The zero-order valence-corrected chi connectivity index (χ0v) is 19.8. The lowest BCUT2D eigenvalue weighted by atomic mass is 9.97. The second-order valence-electron chi connectivity index (χ2n) is 8.89. The number of aliphatic hydroxyl groups is 7. The summed E-state index contributed by atoms with van der Waals surface area (Å²) in [4.78, 5) is 0. The van der Waals surface area contributed by atoms with E-state index in [9.17, 15) is 35.7 Å². The van der Waals surface area contributed by atoms with Gasteiger partial charge in [-0.25, -0.2) is 0 Å². The maximum absolute atomic E-state index is 10.6. The summed E-state index contributed by atoms with van der Waals surface area (Å²) in [7, 11) is 0. The first kappa shape index (κ1) is 29.7. The number of unbranched alkanes of at least 4 members (excludes halogenated alkanes) is 4. The van der Waals surface area contributed by atoms with Crippen molar-refractivity contribution in [2.45, 2.75) is 107 Å². The van der Waals surface area contributed by atoms with Crippen LogP contribution in [-0.2, 0) is 18.9 Å². The first-order chi connectivity index (χ1) is 16.3. The van der Waals surface area contributed by atoms with Crippen LogP contribution in [0.1, 0.15) is 45.4 Å². The van der Waals surface area contributed by atoms with Gasteiger partial charge < -0.3 is 60.0 Å². The summed E-state index contributed by atoms with van der Waals surface area (Å²) in [5.41, 5.74) is 0. The van der Waals surface area contributed by atoms with Crippen LogP contribution in [0.3, 0.4) is 0 Å². The molecule has 8 N–H and O–H groups in total. The van der Waals surface area contributed by atoms with E-state index in [4.69, 9.17) is 18.9 Å². The molecule has 2 aliphatic rings. The molecule has 12 nitrogen and oxygen atoms in total. The van der Waals surface area contributed by atoms with E-state index >= 15 is 0 Å². The summed E-state index contributed by atoms with van der Waals surface area (Å²) in [5, 5.41) is 73.4. The highest BCUT2D eigenvalue weighted by molar-refractivity contribution is 4.94. The molecular formula is C22H43NO11. The molecule has 12 heteroatoms. The SMILES string of the molecule is CCCCCCNCCCCO[C@H]1O[C@H](CO)[C@@H](O[C@@H]2O[C@H](CO)[C@H](O)[C@H](O)[C@H]2O)[C@H](O)[C@H]1O. The number of hydrogen-bond acceptors (Lipinski definition) is 12. The molecule has 0 unspecified atom stereocenters. The fourth-order valence-electron chi connectivity index (χ4n) is 4.05. The first-order valence-electron chi connectivity index (χ1n) is 12.3. The quantitative estimate of drug-likeness (QED) is 0.112. The number of ether oxygens (including phenoxy) is 4. The zero-order chi connectivity index (χ0) is 25.1. The summed E-state index contributed by atoms with van der Waals surface area (Å²) in [6.45, 7) is 3.04. The molecule has 0 aliphatic carbocycles. The van der Waals surface area contributed by atoms with Crippen molar-refractivity contribution in [1.29, 1.82) is 0 Å². The molecule has 10 atom stereocenters. The molecule has 0 aromatic rings. The standard InChI is InChI=1S/C22H43NO11/c1-2-3-4-5-8-23-9-6-7-10-31-21-19(30)17(28)20(14(12-25)33-21)34-22-18(29)16(27)15(26)13(11-24)32-22/h13-30H,2-12H2,1H3/t13-,14-,15+,16+,17-,18-,19-,20-,21+,22+/m1/s1. The summed E-state index contributed by atoms with van der Waals surface area (Å²) in [6, 6.07) is 0. The molecule has 0 bridgehead atoms. The van der Waals surface area contributed by atoms with Crippen molar-refractivity contribution in [2.75, 3.05) is 32.9 Å². The lowest BCUT2D eigenvalue weighted by Crippen LogP contribution is -2.64. The van der Waals surface area contributed by atoms with Gasteiger partial charge in [0.25, 0.3) is 0 Å². The van der Waals surface area contributed by atoms with E-state index in [1.54, 1.807) is 0 Å². The van der Waals surface area contributed by atoms with E-state index in [0.29, 0.717) is 6.42 Å². The third kappa shape index (κ3) is 8.29. The highest BCUT2D eigenvalue weighted by Gasteiger charge is 2.50. The Morgan fingerprint density at radius 2 is 1.29 bits per heavy atom.